The van der Waals surface area contributed by atoms with Crippen LogP contribution in [0.4, 0.5) is 5.69 Å². The van der Waals surface area contributed by atoms with Gasteiger partial charge in [-0.3, -0.25) is 9.78 Å². The third-order valence-electron chi connectivity index (χ3n) is 5.10. The van der Waals surface area contributed by atoms with E-state index in [2.05, 4.69) is 15.3 Å². The van der Waals surface area contributed by atoms with Gasteiger partial charge >= 0.3 is 5.97 Å². The molecule has 36 heavy (non-hydrogen) atoms. The summed E-state index contributed by atoms with van der Waals surface area (Å²) in [5.74, 6) is 0.0999. The molecule has 182 valence electrons. The number of carbonyl (C=O) groups is 2. The predicted octanol–water partition coefficient (Wildman–Crippen LogP) is 5.36. The van der Waals surface area contributed by atoms with Gasteiger partial charge in [0.15, 0.2) is 0 Å². The molecular weight excluding hydrogens is 474 g/mol. The summed E-state index contributed by atoms with van der Waals surface area (Å²) in [6.07, 6.45) is 4.93. The van der Waals surface area contributed by atoms with Crippen LogP contribution in [-0.4, -0.2) is 21.8 Å². The lowest BCUT2D eigenvalue weighted by Gasteiger charge is -2.06. The fraction of sp³-hybridized carbons (Fsp3) is 0.143. The Morgan fingerprint density at radius 3 is 2.56 bits per heavy atom. The lowest BCUT2D eigenvalue weighted by molar-refractivity contribution is -0.139. The second-order valence-electron chi connectivity index (χ2n) is 7.89. The van der Waals surface area contributed by atoms with E-state index < -0.39 is 5.97 Å². The number of nitrogens with zero attached hydrogens (tertiary/aromatic N) is 2. The van der Waals surface area contributed by atoms with Crippen LogP contribution in [0, 0.1) is 6.92 Å². The van der Waals surface area contributed by atoms with E-state index in [4.69, 9.17) is 9.47 Å². The smallest absolute Gasteiger partial charge is 0.331 e. The summed E-state index contributed by atoms with van der Waals surface area (Å²) in [5, 5.41) is 5.34. The highest BCUT2D eigenvalue weighted by molar-refractivity contribution is 7.09. The van der Waals surface area contributed by atoms with Crippen LogP contribution in [0.25, 0.3) is 6.08 Å². The fourth-order valence-electron chi connectivity index (χ4n) is 3.21. The molecule has 0 saturated carbocycles. The quantitative estimate of drug-likeness (QED) is 0.233. The van der Waals surface area contributed by atoms with Gasteiger partial charge in [-0.25, -0.2) is 9.78 Å². The molecule has 2 aromatic carbocycles. The van der Waals surface area contributed by atoms with Gasteiger partial charge in [-0.2, -0.15) is 0 Å². The first kappa shape index (κ1) is 24.8. The number of aryl methyl sites for hydroxylation is 1. The number of amides is 1. The number of esters is 1. The van der Waals surface area contributed by atoms with E-state index >= 15 is 0 Å². The van der Waals surface area contributed by atoms with Crippen LogP contribution in [0.15, 0.2) is 84.4 Å². The van der Waals surface area contributed by atoms with Gasteiger partial charge in [0.25, 0.3) is 0 Å². The van der Waals surface area contributed by atoms with Crippen molar-refractivity contribution in [1.29, 1.82) is 0 Å². The number of anilines is 1. The lowest BCUT2D eigenvalue weighted by atomic mass is 10.2. The molecule has 0 atom stereocenters. The number of para-hydroxylation sites is 1. The summed E-state index contributed by atoms with van der Waals surface area (Å²) in [6.45, 7) is 2.37. The Hall–Kier alpha value is -4.30. The highest BCUT2D eigenvalue weighted by Gasteiger charge is 2.10. The van der Waals surface area contributed by atoms with Gasteiger partial charge in [-0.1, -0.05) is 36.4 Å². The maximum Gasteiger partial charge on any atom is 0.331 e. The zero-order valence-corrected chi connectivity index (χ0v) is 20.5. The molecule has 1 N–H and O–H groups in total. The Labute approximate surface area is 213 Å². The van der Waals surface area contributed by atoms with Crippen molar-refractivity contribution in [3.05, 3.63) is 112 Å². The molecule has 7 nitrogen and oxygen atoms in total. The molecule has 0 unspecified atom stereocenters. The van der Waals surface area contributed by atoms with E-state index in [-0.39, 0.29) is 18.9 Å². The molecule has 0 radical (unpaired) electrons. The maximum absolute atomic E-state index is 12.3. The molecule has 0 spiro atoms. The zero-order chi connectivity index (χ0) is 25.2. The minimum absolute atomic E-state index is 0.0411. The van der Waals surface area contributed by atoms with Gasteiger partial charge in [0.2, 0.25) is 5.91 Å². The van der Waals surface area contributed by atoms with Gasteiger partial charge < -0.3 is 14.8 Å². The Kier molecular flexibility index (Phi) is 8.56. The number of carbonyl (C=O) groups excluding carboxylic acids is 2. The number of benzene rings is 2. The fourth-order valence-corrected chi connectivity index (χ4v) is 3.99. The predicted molar refractivity (Wildman–Crippen MR) is 139 cm³/mol. The number of hydrogen-bond donors (Lipinski definition) is 1. The van der Waals surface area contributed by atoms with Crippen molar-refractivity contribution < 1.29 is 19.1 Å². The van der Waals surface area contributed by atoms with Crippen molar-refractivity contribution in [1.82, 2.24) is 9.97 Å². The summed E-state index contributed by atoms with van der Waals surface area (Å²) in [5.41, 5.74) is 4.08. The summed E-state index contributed by atoms with van der Waals surface area (Å²) in [6, 6.07) is 20.6. The topological polar surface area (TPSA) is 90.4 Å². The van der Waals surface area contributed by atoms with E-state index in [0.29, 0.717) is 23.1 Å². The van der Waals surface area contributed by atoms with Crippen LogP contribution in [0.5, 0.6) is 5.75 Å². The Morgan fingerprint density at radius 2 is 1.78 bits per heavy atom. The third kappa shape index (κ3) is 7.61. The summed E-state index contributed by atoms with van der Waals surface area (Å²) in [4.78, 5) is 33.0. The first-order valence-corrected chi connectivity index (χ1v) is 12.2. The second-order valence-corrected chi connectivity index (χ2v) is 8.83. The molecule has 0 fully saturated rings. The first-order valence-electron chi connectivity index (χ1n) is 11.3. The Morgan fingerprint density at radius 1 is 0.972 bits per heavy atom. The maximum atomic E-state index is 12.3. The van der Waals surface area contributed by atoms with E-state index in [1.807, 2.05) is 73.7 Å². The number of hydrogen-bond acceptors (Lipinski definition) is 7. The average molecular weight is 500 g/mol. The Balaban J connectivity index is 1.20. The van der Waals surface area contributed by atoms with Gasteiger partial charge in [-0.15, -0.1) is 11.3 Å². The molecule has 0 aliphatic rings. The number of aromatic nitrogens is 2. The van der Waals surface area contributed by atoms with Crippen LogP contribution in [0.2, 0.25) is 0 Å². The molecular formula is C28H25N3O4S. The minimum atomic E-state index is -0.475. The summed E-state index contributed by atoms with van der Waals surface area (Å²) >= 11 is 1.36. The standard InChI is InChI=1S/C28H25N3O4S/c1-20-6-2-3-8-25(20)31-26(32)16-27-30-23(19-36-27)18-35-28(33)14-11-21-9-12-24(13-10-21)34-17-22-7-4-5-15-29-22/h2-15,19H,16-18H2,1H3,(H,31,32)/b14-11+. The van der Waals surface area contributed by atoms with Gasteiger partial charge in [0.05, 0.1) is 17.8 Å². The monoisotopic (exact) mass is 499 g/mol. The van der Waals surface area contributed by atoms with E-state index in [0.717, 1.165) is 22.5 Å². The minimum Gasteiger partial charge on any atom is -0.487 e. The second kappa shape index (κ2) is 12.4. The molecule has 4 aromatic rings. The summed E-state index contributed by atoms with van der Waals surface area (Å²) < 4.78 is 11.0. The molecule has 8 heteroatoms. The molecule has 0 aliphatic carbocycles. The lowest BCUT2D eigenvalue weighted by Crippen LogP contribution is -2.15. The van der Waals surface area contributed by atoms with Crippen molar-refractivity contribution in [2.75, 3.05) is 5.32 Å². The number of pyridine rings is 1. The SMILES string of the molecule is Cc1ccccc1NC(=O)Cc1nc(COC(=O)/C=C/c2ccc(OCc3ccccn3)cc2)cs1. The van der Waals surface area contributed by atoms with Crippen LogP contribution >= 0.6 is 11.3 Å². The van der Waals surface area contributed by atoms with Crippen molar-refractivity contribution in [3.8, 4) is 5.75 Å². The molecule has 4 rings (SSSR count). The molecule has 1 amide bonds. The molecule has 0 bridgehead atoms. The van der Waals surface area contributed by atoms with Crippen molar-refractivity contribution in [2.45, 2.75) is 26.6 Å². The highest BCUT2D eigenvalue weighted by Crippen LogP contribution is 2.17. The largest absolute Gasteiger partial charge is 0.487 e. The van der Waals surface area contributed by atoms with Crippen molar-refractivity contribution >= 4 is 35.0 Å². The van der Waals surface area contributed by atoms with E-state index in [9.17, 15) is 9.59 Å². The van der Waals surface area contributed by atoms with E-state index in [1.54, 1.807) is 17.7 Å². The number of thiazole rings is 1. The molecule has 0 aliphatic heterocycles. The van der Waals surface area contributed by atoms with E-state index in [1.165, 1.54) is 17.4 Å². The molecule has 0 saturated heterocycles. The number of nitrogens with one attached hydrogen (secondary N) is 1. The summed E-state index contributed by atoms with van der Waals surface area (Å²) in [7, 11) is 0. The van der Waals surface area contributed by atoms with Gasteiger partial charge in [0, 0.05) is 23.3 Å². The van der Waals surface area contributed by atoms with Gasteiger partial charge in [-0.05, 0) is 54.5 Å². The molecule has 2 heterocycles. The van der Waals surface area contributed by atoms with Crippen LogP contribution in [0.1, 0.15) is 27.5 Å². The number of ether oxygens (including phenoxy) is 2. The first-order chi connectivity index (χ1) is 17.5. The third-order valence-corrected chi connectivity index (χ3v) is 6.00. The average Bonchev–Trinajstić information content (AvgIpc) is 3.34. The van der Waals surface area contributed by atoms with Crippen molar-refractivity contribution in [2.24, 2.45) is 0 Å². The molecule has 2 aromatic heterocycles. The van der Waals surface area contributed by atoms with Crippen LogP contribution in [-0.2, 0) is 34.0 Å². The Bertz CT molecular complexity index is 1330. The highest BCUT2D eigenvalue weighted by atomic mass is 32.1. The zero-order valence-electron chi connectivity index (χ0n) is 19.7. The normalized spacial score (nSPS) is 10.8. The van der Waals surface area contributed by atoms with Crippen LogP contribution in [0.3, 0.4) is 0 Å². The van der Waals surface area contributed by atoms with Crippen molar-refractivity contribution in [3.63, 3.8) is 0 Å². The van der Waals surface area contributed by atoms with Gasteiger partial charge in [0.1, 0.15) is 24.0 Å². The number of rotatable bonds is 10. The van der Waals surface area contributed by atoms with Crippen LogP contribution < -0.4 is 10.1 Å².